The summed E-state index contributed by atoms with van der Waals surface area (Å²) in [5.74, 6) is 0.397. The van der Waals surface area contributed by atoms with Gasteiger partial charge in [-0.25, -0.2) is 0 Å². The van der Waals surface area contributed by atoms with E-state index in [9.17, 15) is 4.79 Å². The Morgan fingerprint density at radius 3 is 2.67 bits per heavy atom. The first-order valence-electron chi connectivity index (χ1n) is 6.61. The molecular weight excluding hydrogens is 288 g/mol. The zero-order valence-electron chi connectivity index (χ0n) is 11.9. The van der Waals surface area contributed by atoms with Crippen LogP contribution < -0.4 is 15.8 Å². The number of rotatable bonds is 4. The number of anilines is 2. The minimum absolute atomic E-state index is 0.201. The van der Waals surface area contributed by atoms with Crippen molar-refractivity contribution in [3.05, 3.63) is 52.5 Å². The summed E-state index contributed by atoms with van der Waals surface area (Å²) >= 11 is 6.10. The third-order valence-electron chi connectivity index (χ3n) is 2.98. The molecule has 2 rings (SSSR count). The Morgan fingerprint density at radius 1 is 1.29 bits per heavy atom. The Morgan fingerprint density at radius 2 is 2.05 bits per heavy atom. The molecule has 0 fully saturated rings. The second-order valence-corrected chi connectivity index (χ2v) is 5.01. The molecule has 0 unspecified atom stereocenters. The molecule has 5 heteroatoms. The monoisotopic (exact) mass is 304 g/mol. The molecule has 0 spiro atoms. The number of halogens is 1. The molecule has 0 aliphatic rings. The number of carbonyl (C=O) groups is 1. The van der Waals surface area contributed by atoms with Crippen molar-refractivity contribution < 1.29 is 9.53 Å². The number of nitrogens with two attached hydrogens (primary N) is 1. The van der Waals surface area contributed by atoms with E-state index in [0.717, 1.165) is 5.56 Å². The molecule has 0 aliphatic heterocycles. The lowest BCUT2D eigenvalue weighted by Gasteiger charge is -2.10. The standard InChI is InChI=1S/C16H17ClN2O2/c1-3-21-15-7-5-12(9-14(15)17)19-16(20)13-6-4-11(18)8-10(13)2/h4-9H,3,18H2,1-2H3,(H,19,20). The second kappa shape index (κ2) is 6.50. The van der Waals surface area contributed by atoms with Crippen molar-refractivity contribution in [2.24, 2.45) is 0 Å². The zero-order valence-corrected chi connectivity index (χ0v) is 12.7. The van der Waals surface area contributed by atoms with Crippen molar-refractivity contribution in [3.63, 3.8) is 0 Å². The SMILES string of the molecule is CCOc1ccc(NC(=O)c2ccc(N)cc2C)cc1Cl. The van der Waals surface area contributed by atoms with Crippen LogP contribution in [0.15, 0.2) is 36.4 Å². The number of ether oxygens (including phenoxy) is 1. The first-order chi connectivity index (χ1) is 10.0. The van der Waals surface area contributed by atoms with Crippen molar-refractivity contribution in [1.29, 1.82) is 0 Å². The van der Waals surface area contributed by atoms with Crippen LogP contribution in [0, 0.1) is 6.92 Å². The molecule has 110 valence electrons. The van der Waals surface area contributed by atoms with Gasteiger partial charge in [0.25, 0.3) is 5.91 Å². The van der Waals surface area contributed by atoms with E-state index in [-0.39, 0.29) is 5.91 Å². The van der Waals surface area contributed by atoms with Crippen molar-refractivity contribution in [2.75, 3.05) is 17.7 Å². The highest BCUT2D eigenvalue weighted by atomic mass is 35.5. The minimum Gasteiger partial charge on any atom is -0.492 e. The maximum Gasteiger partial charge on any atom is 0.255 e. The molecular formula is C16H17ClN2O2. The number of carbonyl (C=O) groups excluding carboxylic acids is 1. The van der Waals surface area contributed by atoms with Gasteiger partial charge in [0.1, 0.15) is 5.75 Å². The first-order valence-corrected chi connectivity index (χ1v) is 6.99. The van der Waals surface area contributed by atoms with Crippen LogP contribution in [0.5, 0.6) is 5.75 Å². The normalized spacial score (nSPS) is 10.2. The number of amides is 1. The lowest BCUT2D eigenvalue weighted by atomic mass is 10.1. The highest BCUT2D eigenvalue weighted by Crippen LogP contribution is 2.28. The van der Waals surface area contributed by atoms with Crippen molar-refractivity contribution in [1.82, 2.24) is 0 Å². The van der Waals surface area contributed by atoms with Crippen LogP contribution in [-0.2, 0) is 0 Å². The highest BCUT2D eigenvalue weighted by molar-refractivity contribution is 6.32. The first kappa shape index (κ1) is 15.2. The van der Waals surface area contributed by atoms with Crippen LogP contribution in [0.4, 0.5) is 11.4 Å². The van der Waals surface area contributed by atoms with Crippen LogP contribution in [0.2, 0.25) is 5.02 Å². The van der Waals surface area contributed by atoms with Gasteiger partial charge in [0.05, 0.1) is 11.6 Å². The molecule has 0 saturated heterocycles. The van der Waals surface area contributed by atoms with Gasteiger partial charge in [-0.05, 0) is 55.8 Å². The van der Waals surface area contributed by atoms with E-state index in [0.29, 0.717) is 34.3 Å². The third kappa shape index (κ3) is 3.67. The van der Waals surface area contributed by atoms with E-state index in [1.54, 1.807) is 36.4 Å². The molecule has 0 radical (unpaired) electrons. The summed E-state index contributed by atoms with van der Waals surface area (Å²) in [6.07, 6.45) is 0. The molecule has 0 aliphatic carbocycles. The molecule has 0 bridgehead atoms. The maximum absolute atomic E-state index is 12.2. The fourth-order valence-corrected chi connectivity index (χ4v) is 2.23. The van der Waals surface area contributed by atoms with Crippen LogP contribution >= 0.6 is 11.6 Å². The van der Waals surface area contributed by atoms with Gasteiger partial charge in [0, 0.05) is 16.9 Å². The summed E-state index contributed by atoms with van der Waals surface area (Å²) in [7, 11) is 0. The lowest BCUT2D eigenvalue weighted by molar-refractivity contribution is 0.102. The van der Waals surface area contributed by atoms with Crippen LogP contribution in [-0.4, -0.2) is 12.5 Å². The molecule has 0 aromatic heterocycles. The Kier molecular flexibility index (Phi) is 4.70. The maximum atomic E-state index is 12.2. The van der Waals surface area contributed by atoms with Gasteiger partial charge in [-0.2, -0.15) is 0 Å². The number of hydrogen-bond acceptors (Lipinski definition) is 3. The fourth-order valence-electron chi connectivity index (χ4n) is 1.99. The zero-order chi connectivity index (χ0) is 15.4. The largest absolute Gasteiger partial charge is 0.492 e. The smallest absolute Gasteiger partial charge is 0.255 e. The van der Waals surface area contributed by atoms with Gasteiger partial charge in [0.15, 0.2) is 0 Å². The van der Waals surface area contributed by atoms with Crippen LogP contribution in [0.25, 0.3) is 0 Å². The van der Waals surface area contributed by atoms with E-state index in [1.807, 2.05) is 13.8 Å². The minimum atomic E-state index is -0.201. The number of nitrogens with one attached hydrogen (secondary N) is 1. The summed E-state index contributed by atoms with van der Waals surface area (Å²) in [5.41, 5.74) is 8.33. The van der Waals surface area contributed by atoms with Gasteiger partial charge >= 0.3 is 0 Å². The predicted octanol–water partition coefficient (Wildman–Crippen LogP) is 3.88. The highest BCUT2D eigenvalue weighted by Gasteiger charge is 2.10. The summed E-state index contributed by atoms with van der Waals surface area (Å²) < 4.78 is 5.35. The summed E-state index contributed by atoms with van der Waals surface area (Å²) in [6.45, 7) is 4.27. The molecule has 2 aromatic rings. The number of benzene rings is 2. The molecule has 3 N–H and O–H groups in total. The summed E-state index contributed by atoms with van der Waals surface area (Å²) in [4.78, 5) is 12.2. The summed E-state index contributed by atoms with van der Waals surface area (Å²) in [5, 5.41) is 3.27. The molecule has 0 heterocycles. The van der Waals surface area contributed by atoms with E-state index >= 15 is 0 Å². The number of nitrogen functional groups attached to an aromatic ring is 1. The molecule has 1 amide bonds. The molecule has 4 nitrogen and oxygen atoms in total. The van der Waals surface area contributed by atoms with Gasteiger partial charge < -0.3 is 15.8 Å². The van der Waals surface area contributed by atoms with Gasteiger partial charge in [-0.3, -0.25) is 4.79 Å². The average molecular weight is 305 g/mol. The number of hydrogen-bond donors (Lipinski definition) is 2. The Hall–Kier alpha value is -2.20. The number of aryl methyl sites for hydroxylation is 1. The van der Waals surface area contributed by atoms with Crippen LogP contribution in [0.3, 0.4) is 0 Å². The molecule has 2 aromatic carbocycles. The second-order valence-electron chi connectivity index (χ2n) is 4.61. The Bertz CT molecular complexity index is 671. The van der Waals surface area contributed by atoms with Crippen molar-refractivity contribution in [2.45, 2.75) is 13.8 Å². The van der Waals surface area contributed by atoms with E-state index in [1.165, 1.54) is 0 Å². The molecule has 21 heavy (non-hydrogen) atoms. The average Bonchev–Trinajstić information content (AvgIpc) is 2.41. The Balaban J connectivity index is 2.17. The quantitative estimate of drug-likeness (QED) is 0.842. The van der Waals surface area contributed by atoms with Gasteiger partial charge in [-0.1, -0.05) is 11.6 Å². The predicted molar refractivity (Wildman–Crippen MR) is 86.2 cm³/mol. The van der Waals surface area contributed by atoms with Crippen molar-refractivity contribution >= 4 is 28.9 Å². The van der Waals surface area contributed by atoms with E-state index in [2.05, 4.69) is 5.32 Å². The van der Waals surface area contributed by atoms with Gasteiger partial charge in [-0.15, -0.1) is 0 Å². The van der Waals surface area contributed by atoms with Gasteiger partial charge in [0.2, 0.25) is 0 Å². The molecule has 0 saturated carbocycles. The fraction of sp³-hybridized carbons (Fsp3) is 0.188. The van der Waals surface area contributed by atoms with E-state index in [4.69, 9.17) is 22.1 Å². The molecule has 0 atom stereocenters. The Labute approximate surface area is 128 Å². The van der Waals surface area contributed by atoms with E-state index < -0.39 is 0 Å². The lowest BCUT2D eigenvalue weighted by Crippen LogP contribution is -2.13. The van der Waals surface area contributed by atoms with Crippen molar-refractivity contribution in [3.8, 4) is 5.75 Å². The van der Waals surface area contributed by atoms with Crippen LogP contribution in [0.1, 0.15) is 22.8 Å². The topological polar surface area (TPSA) is 64.3 Å². The third-order valence-corrected chi connectivity index (χ3v) is 3.28. The summed E-state index contributed by atoms with van der Waals surface area (Å²) in [6, 6.07) is 10.3.